The van der Waals surface area contributed by atoms with Crippen molar-refractivity contribution < 1.29 is 14.1 Å². The van der Waals surface area contributed by atoms with E-state index in [-0.39, 0.29) is 17.2 Å². The van der Waals surface area contributed by atoms with Crippen molar-refractivity contribution >= 4 is 23.2 Å². The lowest BCUT2D eigenvalue weighted by Crippen LogP contribution is -2.42. The van der Waals surface area contributed by atoms with Crippen molar-refractivity contribution in [3.63, 3.8) is 0 Å². The first kappa shape index (κ1) is 17.3. The fourth-order valence-electron chi connectivity index (χ4n) is 4.10. The summed E-state index contributed by atoms with van der Waals surface area (Å²) in [7, 11) is 0. The zero-order valence-corrected chi connectivity index (χ0v) is 15.9. The molecule has 0 unspecified atom stereocenters. The van der Waals surface area contributed by atoms with Gasteiger partial charge in [-0.25, -0.2) is 0 Å². The van der Waals surface area contributed by atoms with Gasteiger partial charge in [-0.05, 0) is 54.0 Å². The van der Waals surface area contributed by atoms with Crippen LogP contribution in [0.2, 0.25) is 0 Å². The van der Waals surface area contributed by atoms with E-state index in [1.54, 1.807) is 24.3 Å². The van der Waals surface area contributed by atoms with Crippen LogP contribution >= 0.6 is 11.3 Å². The molecule has 0 bridgehead atoms. The van der Waals surface area contributed by atoms with Crippen molar-refractivity contribution in [2.45, 2.75) is 45.7 Å². The lowest BCUT2D eigenvalue weighted by atomic mass is 9.92. The molecule has 2 aromatic heterocycles. The van der Waals surface area contributed by atoms with Crippen LogP contribution in [0.15, 0.2) is 27.4 Å². The van der Waals surface area contributed by atoms with Crippen molar-refractivity contribution in [1.82, 2.24) is 15.0 Å². The molecule has 0 aromatic carbocycles. The van der Waals surface area contributed by atoms with Crippen LogP contribution in [0.5, 0.6) is 0 Å². The highest BCUT2D eigenvalue weighted by Gasteiger charge is 2.58. The Hall–Kier alpha value is -2.15. The van der Waals surface area contributed by atoms with Gasteiger partial charge in [0, 0.05) is 38.7 Å². The maximum Gasteiger partial charge on any atom is 0.292 e. The molecular formula is C19H23N3O3S. The van der Waals surface area contributed by atoms with Gasteiger partial charge in [-0.2, -0.15) is 11.3 Å². The van der Waals surface area contributed by atoms with Crippen LogP contribution in [0.3, 0.4) is 0 Å². The van der Waals surface area contributed by atoms with E-state index in [2.05, 4.69) is 16.6 Å². The van der Waals surface area contributed by atoms with Gasteiger partial charge in [0.25, 0.3) is 5.91 Å². The number of rotatable bonds is 4. The van der Waals surface area contributed by atoms with Gasteiger partial charge >= 0.3 is 0 Å². The van der Waals surface area contributed by atoms with Crippen molar-refractivity contribution in [2.75, 3.05) is 13.1 Å². The quantitative estimate of drug-likeness (QED) is 0.826. The average molecular weight is 373 g/mol. The summed E-state index contributed by atoms with van der Waals surface area (Å²) in [6.07, 6.45) is 2.91. The number of aromatic nitrogens is 1. The Morgan fingerprint density at radius 1 is 1.42 bits per heavy atom. The van der Waals surface area contributed by atoms with Crippen LogP contribution in [0, 0.1) is 12.3 Å². The summed E-state index contributed by atoms with van der Waals surface area (Å²) in [6.45, 7) is 5.57. The number of amides is 2. The molecule has 1 aliphatic carbocycles. The first-order valence-corrected chi connectivity index (χ1v) is 9.94. The van der Waals surface area contributed by atoms with Gasteiger partial charge in [-0.3, -0.25) is 9.59 Å². The number of aryl methyl sites for hydroxylation is 1. The Labute approximate surface area is 156 Å². The maximum atomic E-state index is 12.5. The van der Waals surface area contributed by atoms with Crippen molar-refractivity contribution in [3.8, 4) is 0 Å². The normalized spacial score (nSPS) is 21.0. The first-order chi connectivity index (χ1) is 12.5. The summed E-state index contributed by atoms with van der Waals surface area (Å²) in [5, 5.41) is 7.95. The fraction of sp³-hybridized carbons (Fsp3) is 0.526. The lowest BCUT2D eigenvalue weighted by Gasteiger charge is -2.34. The highest BCUT2D eigenvalue weighted by Crippen LogP contribution is 2.57. The van der Waals surface area contributed by atoms with Crippen molar-refractivity contribution in [1.29, 1.82) is 0 Å². The van der Waals surface area contributed by atoms with Crippen LogP contribution in [-0.4, -0.2) is 45.9 Å². The smallest absolute Gasteiger partial charge is 0.292 e. The summed E-state index contributed by atoms with van der Waals surface area (Å²) >= 11 is 1.66. The van der Waals surface area contributed by atoms with Crippen LogP contribution in [0.4, 0.5) is 0 Å². The third-order valence-corrected chi connectivity index (χ3v) is 6.48. The van der Waals surface area contributed by atoms with E-state index in [1.165, 1.54) is 5.56 Å². The van der Waals surface area contributed by atoms with E-state index in [0.29, 0.717) is 31.4 Å². The number of likely N-dealkylation sites (tertiary alicyclic amines) is 1. The summed E-state index contributed by atoms with van der Waals surface area (Å²) in [5.41, 5.74) is 2.09. The Kier molecular flexibility index (Phi) is 4.34. The molecule has 2 fully saturated rings. The molecule has 4 rings (SSSR count). The monoisotopic (exact) mass is 373 g/mol. The highest BCUT2D eigenvalue weighted by molar-refractivity contribution is 7.07. The van der Waals surface area contributed by atoms with Gasteiger partial charge in [0.15, 0.2) is 0 Å². The predicted molar refractivity (Wildman–Crippen MR) is 97.8 cm³/mol. The second-order valence-electron chi connectivity index (χ2n) is 7.49. The van der Waals surface area contributed by atoms with Gasteiger partial charge in [-0.1, -0.05) is 5.16 Å². The van der Waals surface area contributed by atoms with E-state index in [9.17, 15) is 9.59 Å². The maximum absolute atomic E-state index is 12.5. The number of hydrogen-bond donors (Lipinski definition) is 0. The highest BCUT2D eigenvalue weighted by atomic mass is 32.1. The van der Waals surface area contributed by atoms with Crippen molar-refractivity contribution in [3.05, 3.63) is 39.9 Å². The minimum absolute atomic E-state index is 0.0839. The molecule has 2 aliphatic rings. The fourth-order valence-corrected chi connectivity index (χ4v) is 4.76. The molecule has 1 saturated carbocycles. The largest absolute Gasteiger partial charge is 0.351 e. The molecule has 26 heavy (non-hydrogen) atoms. The molecule has 1 spiro atoms. The first-order valence-electron chi connectivity index (χ1n) is 8.99. The van der Waals surface area contributed by atoms with Crippen LogP contribution in [0.1, 0.15) is 48.0 Å². The molecule has 7 heteroatoms. The minimum Gasteiger partial charge on any atom is -0.351 e. The molecule has 0 radical (unpaired) electrons. The summed E-state index contributed by atoms with van der Waals surface area (Å²) < 4.78 is 5.10. The molecule has 2 amide bonds. The summed E-state index contributed by atoms with van der Waals surface area (Å²) in [4.78, 5) is 28.5. The molecule has 3 heterocycles. The molecule has 2 aromatic rings. The number of nitrogens with zero attached hydrogens (tertiary/aromatic N) is 3. The Balaban J connectivity index is 1.38. The van der Waals surface area contributed by atoms with Gasteiger partial charge in [0.2, 0.25) is 11.7 Å². The molecular weight excluding hydrogens is 350 g/mol. The van der Waals surface area contributed by atoms with Crippen LogP contribution in [0.25, 0.3) is 0 Å². The standard InChI is InChI=1S/C19H23N3O3S/c1-13-9-16(25-20-13)18(24)21-6-4-19(5-7-21)10-17(19)22(14(2)23)11-15-3-8-26-12-15/h3,8-9,12,17H,4-7,10-11H2,1-2H3/t17-/m0/s1. The van der Waals surface area contributed by atoms with Gasteiger partial charge in [0.05, 0.1) is 5.69 Å². The number of carbonyl (C=O) groups excluding carboxylic acids is 2. The van der Waals surface area contributed by atoms with Crippen LogP contribution < -0.4 is 0 Å². The zero-order valence-electron chi connectivity index (χ0n) is 15.1. The Morgan fingerprint density at radius 3 is 2.77 bits per heavy atom. The molecule has 6 nitrogen and oxygen atoms in total. The topological polar surface area (TPSA) is 66.7 Å². The Bertz CT molecular complexity index is 806. The summed E-state index contributed by atoms with van der Waals surface area (Å²) in [6, 6.07) is 4.06. The van der Waals surface area contributed by atoms with Gasteiger partial charge < -0.3 is 14.3 Å². The van der Waals surface area contributed by atoms with E-state index < -0.39 is 0 Å². The van der Waals surface area contributed by atoms with E-state index in [1.807, 2.05) is 22.1 Å². The molecule has 1 saturated heterocycles. The minimum atomic E-state index is -0.0839. The van der Waals surface area contributed by atoms with E-state index in [0.717, 1.165) is 25.0 Å². The molecule has 0 N–H and O–H groups in total. The van der Waals surface area contributed by atoms with E-state index >= 15 is 0 Å². The average Bonchev–Trinajstić information content (AvgIpc) is 2.99. The van der Waals surface area contributed by atoms with Gasteiger partial charge in [0.1, 0.15) is 0 Å². The molecule has 1 aliphatic heterocycles. The third kappa shape index (κ3) is 3.16. The second kappa shape index (κ2) is 6.54. The van der Waals surface area contributed by atoms with E-state index in [4.69, 9.17) is 4.52 Å². The summed E-state index contributed by atoms with van der Waals surface area (Å²) in [5.74, 6) is 0.363. The number of thiophene rings is 1. The van der Waals surface area contributed by atoms with Crippen molar-refractivity contribution in [2.24, 2.45) is 5.41 Å². The molecule has 138 valence electrons. The van der Waals surface area contributed by atoms with Gasteiger partial charge in [-0.15, -0.1) is 0 Å². The zero-order chi connectivity index (χ0) is 18.3. The Morgan fingerprint density at radius 2 is 2.19 bits per heavy atom. The lowest BCUT2D eigenvalue weighted by molar-refractivity contribution is -0.130. The predicted octanol–water partition coefficient (Wildman–Crippen LogP) is 3.09. The molecule has 1 atom stereocenters. The number of carbonyl (C=O) groups is 2. The number of hydrogen-bond acceptors (Lipinski definition) is 5. The second-order valence-corrected chi connectivity index (χ2v) is 8.27. The SMILES string of the molecule is CC(=O)N(Cc1ccsc1)[C@H]1CC12CCN(C(=O)c1cc(C)no1)CC2. The third-order valence-electron chi connectivity index (χ3n) is 5.75. The van der Waals surface area contributed by atoms with Crippen LogP contribution in [-0.2, 0) is 11.3 Å². The number of piperidine rings is 1.